The van der Waals surface area contributed by atoms with Gasteiger partial charge in [-0.2, -0.15) is 11.8 Å². The Hall–Kier alpha value is -1.13. The summed E-state index contributed by atoms with van der Waals surface area (Å²) >= 11 is 1.86. The second-order valence-corrected chi connectivity index (χ2v) is 6.91. The summed E-state index contributed by atoms with van der Waals surface area (Å²) in [6.07, 6.45) is 0. The molecule has 1 unspecified atom stereocenters. The number of nitrogens with two attached hydrogens (primary N) is 1. The molecule has 7 nitrogen and oxygen atoms in total. The highest BCUT2D eigenvalue weighted by Crippen LogP contribution is 2.21. The highest BCUT2D eigenvalue weighted by Gasteiger charge is 2.14. The maximum atomic E-state index is 11.0. The number of nitrogens with zero attached hydrogens (tertiary/aromatic N) is 4. The van der Waals surface area contributed by atoms with E-state index < -0.39 is 11.2 Å². The number of nitrogens with one attached hydrogen (secondary N) is 1. The quantitative estimate of drug-likeness (QED) is 0.731. The van der Waals surface area contributed by atoms with Crippen LogP contribution in [0.25, 0.3) is 0 Å². The van der Waals surface area contributed by atoms with Gasteiger partial charge in [-0.15, -0.1) is 20.1 Å². The number of amidine groups is 2. The van der Waals surface area contributed by atoms with Gasteiger partial charge in [0.05, 0.1) is 5.69 Å². The third-order valence-corrected chi connectivity index (χ3v) is 5.04. The Bertz CT molecular complexity index is 553. The summed E-state index contributed by atoms with van der Waals surface area (Å²) < 4.78 is 18.4. The van der Waals surface area contributed by atoms with Gasteiger partial charge >= 0.3 is 0 Å². The minimum atomic E-state index is -1.55. The van der Waals surface area contributed by atoms with Crippen molar-refractivity contribution in [2.75, 3.05) is 31.3 Å². The number of hydrogen-bond donors (Lipinski definition) is 2. The van der Waals surface area contributed by atoms with Gasteiger partial charge in [-0.25, -0.2) is 9.19 Å². The van der Waals surface area contributed by atoms with Crippen molar-refractivity contribution in [3.8, 4) is 0 Å². The zero-order valence-corrected chi connectivity index (χ0v) is 13.6. The van der Waals surface area contributed by atoms with E-state index in [1.165, 1.54) is 0 Å². The summed E-state index contributed by atoms with van der Waals surface area (Å²) in [7, 11) is 3.97. The highest BCUT2D eigenvalue weighted by atomic mass is 32.2. The molecule has 10 heteroatoms. The maximum absolute atomic E-state index is 11.0. The summed E-state index contributed by atoms with van der Waals surface area (Å²) in [5.74, 6) is 2.39. The number of rotatable bonds is 6. The first kappa shape index (κ1) is 15.3. The van der Waals surface area contributed by atoms with Crippen molar-refractivity contribution >= 4 is 51.1 Å². The molecule has 2 heterocycles. The average Bonchev–Trinajstić information content (AvgIpc) is 2.96. The largest absolute Gasteiger partial charge is 0.380 e. The standard InChI is InChI=1S/C10H16N6OS3/c1-16(2)10-13-7(6-19-10)5-18-4-3-12-9-8(11)14-20(17)15-9/h6H,3-5H2,1-2H3,(H2,11,14)(H,12,15). The fourth-order valence-electron chi connectivity index (χ4n) is 1.38. The van der Waals surface area contributed by atoms with Crippen molar-refractivity contribution in [3.63, 3.8) is 0 Å². The minimum Gasteiger partial charge on any atom is -0.380 e. The zero-order valence-electron chi connectivity index (χ0n) is 11.2. The molecule has 0 saturated carbocycles. The van der Waals surface area contributed by atoms with Crippen LogP contribution in [0.3, 0.4) is 0 Å². The van der Waals surface area contributed by atoms with Crippen LogP contribution in [0.1, 0.15) is 5.69 Å². The lowest BCUT2D eigenvalue weighted by Gasteiger charge is -2.06. The van der Waals surface area contributed by atoms with Crippen LogP contribution in [0, 0.1) is 0 Å². The lowest BCUT2D eigenvalue weighted by atomic mass is 10.5. The summed E-state index contributed by atoms with van der Waals surface area (Å²) in [6.45, 7) is 0.696. The van der Waals surface area contributed by atoms with Gasteiger partial charge in [0.15, 0.2) is 16.8 Å². The van der Waals surface area contributed by atoms with E-state index in [1.54, 1.807) is 23.1 Å². The Labute approximate surface area is 128 Å². The Balaban J connectivity index is 1.66. The van der Waals surface area contributed by atoms with E-state index in [0.29, 0.717) is 12.4 Å². The molecule has 1 aromatic heterocycles. The molecule has 1 aliphatic rings. The second-order valence-electron chi connectivity index (χ2n) is 4.14. The summed E-state index contributed by atoms with van der Waals surface area (Å²) in [5.41, 5.74) is 6.64. The van der Waals surface area contributed by atoms with Crippen LogP contribution in [0.2, 0.25) is 0 Å². The summed E-state index contributed by atoms with van der Waals surface area (Å²) in [5, 5.41) is 6.12. The van der Waals surface area contributed by atoms with Gasteiger partial charge in [-0.3, -0.25) is 0 Å². The monoisotopic (exact) mass is 332 g/mol. The number of thioether (sulfide) groups is 1. The second kappa shape index (κ2) is 7.04. The first-order chi connectivity index (χ1) is 9.56. The molecule has 20 heavy (non-hydrogen) atoms. The third-order valence-electron chi connectivity index (χ3n) is 2.30. The predicted octanol–water partition coefficient (Wildman–Crippen LogP) is 0.380. The van der Waals surface area contributed by atoms with Gasteiger partial charge in [0.2, 0.25) is 0 Å². The molecular weight excluding hydrogens is 316 g/mol. The van der Waals surface area contributed by atoms with Crippen molar-refractivity contribution in [2.45, 2.75) is 5.75 Å². The van der Waals surface area contributed by atoms with Gasteiger partial charge in [0, 0.05) is 37.5 Å². The molecule has 0 amide bonds. The van der Waals surface area contributed by atoms with Crippen LogP contribution in [-0.2, 0) is 16.9 Å². The Morgan fingerprint density at radius 1 is 1.50 bits per heavy atom. The van der Waals surface area contributed by atoms with Crippen LogP contribution in [-0.4, -0.2) is 47.3 Å². The molecule has 2 rings (SSSR count). The Morgan fingerprint density at radius 2 is 2.30 bits per heavy atom. The summed E-state index contributed by atoms with van der Waals surface area (Å²) in [4.78, 5) is 6.51. The van der Waals surface area contributed by atoms with Crippen LogP contribution in [0.5, 0.6) is 0 Å². The lowest BCUT2D eigenvalue weighted by molar-refractivity contribution is 0.686. The van der Waals surface area contributed by atoms with Crippen molar-refractivity contribution < 1.29 is 4.21 Å². The van der Waals surface area contributed by atoms with Gasteiger partial charge in [0.1, 0.15) is 0 Å². The molecule has 1 aromatic rings. The molecule has 1 aliphatic heterocycles. The SMILES string of the molecule is CN(C)c1nc(CSCCNC2=NS(=O)N=C2N)cs1. The smallest absolute Gasteiger partial charge is 0.269 e. The molecule has 0 fully saturated rings. The first-order valence-electron chi connectivity index (χ1n) is 5.85. The number of hydrogen-bond acceptors (Lipinski definition) is 7. The van der Waals surface area contributed by atoms with E-state index in [0.717, 1.165) is 22.3 Å². The van der Waals surface area contributed by atoms with Crippen LogP contribution >= 0.6 is 23.1 Å². The zero-order chi connectivity index (χ0) is 14.5. The third kappa shape index (κ3) is 4.18. The van der Waals surface area contributed by atoms with Crippen LogP contribution in [0.4, 0.5) is 5.13 Å². The Kier molecular flexibility index (Phi) is 5.38. The van der Waals surface area contributed by atoms with Gasteiger partial charge in [0.25, 0.3) is 11.2 Å². The van der Waals surface area contributed by atoms with E-state index >= 15 is 0 Å². The molecule has 110 valence electrons. The Morgan fingerprint density at radius 3 is 2.90 bits per heavy atom. The van der Waals surface area contributed by atoms with Gasteiger partial charge in [-0.05, 0) is 0 Å². The maximum Gasteiger partial charge on any atom is 0.269 e. The molecule has 0 spiro atoms. The predicted molar refractivity (Wildman–Crippen MR) is 87.8 cm³/mol. The number of aromatic nitrogens is 1. The molecule has 3 N–H and O–H groups in total. The molecule has 0 bridgehead atoms. The molecular formula is C10H16N6OS3. The highest BCUT2D eigenvalue weighted by molar-refractivity contribution is 7.98. The van der Waals surface area contributed by atoms with Gasteiger partial charge < -0.3 is 16.0 Å². The number of thiazole rings is 1. The van der Waals surface area contributed by atoms with E-state index in [1.807, 2.05) is 19.0 Å². The summed E-state index contributed by atoms with van der Waals surface area (Å²) in [6, 6.07) is 0. The topological polar surface area (TPSA) is 96.0 Å². The molecule has 0 aromatic carbocycles. The first-order valence-corrected chi connectivity index (χ1v) is 8.94. The fourth-order valence-corrected chi connectivity index (χ4v) is 3.60. The van der Waals surface area contributed by atoms with Crippen molar-refractivity contribution in [3.05, 3.63) is 11.1 Å². The lowest BCUT2D eigenvalue weighted by Crippen LogP contribution is -2.35. The van der Waals surface area contributed by atoms with E-state index in [-0.39, 0.29) is 5.84 Å². The fraction of sp³-hybridized carbons (Fsp3) is 0.500. The normalized spacial score (nSPS) is 17.8. The molecule has 0 saturated heterocycles. The van der Waals surface area contributed by atoms with Gasteiger partial charge in [-0.1, -0.05) is 0 Å². The molecule has 0 aliphatic carbocycles. The van der Waals surface area contributed by atoms with E-state index in [9.17, 15) is 4.21 Å². The van der Waals surface area contributed by atoms with Crippen LogP contribution in [0.15, 0.2) is 14.2 Å². The van der Waals surface area contributed by atoms with Crippen molar-refractivity contribution in [1.82, 2.24) is 10.3 Å². The molecule has 1 atom stereocenters. The number of anilines is 1. The van der Waals surface area contributed by atoms with Crippen molar-refractivity contribution in [1.29, 1.82) is 0 Å². The van der Waals surface area contributed by atoms with Crippen molar-refractivity contribution in [2.24, 2.45) is 14.5 Å². The average molecular weight is 332 g/mol. The van der Waals surface area contributed by atoms with Crippen LogP contribution < -0.4 is 16.0 Å². The molecule has 0 radical (unpaired) electrons. The van der Waals surface area contributed by atoms with E-state index in [4.69, 9.17) is 5.73 Å². The van der Waals surface area contributed by atoms with E-state index in [2.05, 4.69) is 24.5 Å². The minimum absolute atomic E-state index is 0.212.